The highest BCUT2D eigenvalue weighted by molar-refractivity contribution is 7.92. The van der Waals surface area contributed by atoms with Gasteiger partial charge in [0.25, 0.3) is 10.0 Å². The van der Waals surface area contributed by atoms with Gasteiger partial charge < -0.3 is 15.3 Å². The van der Waals surface area contributed by atoms with Crippen LogP contribution in [-0.2, 0) is 10.0 Å². The number of carboxylic acids is 2. The number of aromatic hydroxyl groups is 1. The van der Waals surface area contributed by atoms with Crippen molar-refractivity contribution >= 4 is 27.6 Å². The molecular formula is C21H17NO7S. The molecule has 0 aliphatic carbocycles. The van der Waals surface area contributed by atoms with Crippen molar-refractivity contribution in [2.75, 3.05) is 4.72 Å². The highest BCUT2D eigenvalue weighted by Crippen LogP contribution is 2.32. The van der Waals surface area contributed by atoms with Gasteiger partial charge in [0.15, 0.2) is 0 Å². The van der Waals surface area contributed by atoms with Crippen molar-refractivity contribution in [1.82, 2.24) is 0 Å². The standard InChI is InChI=1S/C21H17NO7S/c1-12-17(20(24)25)10-13(11-18(12)21(26)27)16-4-2-3-5-19(16)22-30(28,29)15-8-6-14(23)7-9-15/h2-11,22-23H,1H3,(H,24,25)(H,26,27). The van der Waals surface area contributed by atoms with Crippen LogP contribution in [0, 0.1) is 6.92 Å². The lowest BCUT2D eigenvalue weighted by atomic mass is 9.94. The molecule has 0 saturated heterocycles. The Morgan fingerprint density at radius 2 is 1.40 bits per heavy atom. The number of phenolic OH excluding ortho intramolecular Hbond substituents is 1. The number of anilines is 1. The van der Waals surface area contributed by atoms with Crippen LogP contribution in [0.2, 0.25) is 0 Å². The van der Waals surface area contributed by atoms with Gasteiger partial charge in [0.1, 0.15) is 5.75 Å². The van der Waals surface area contributed by atoms with Crippen molar-refractivity contribution in [1.29, 1.82) is 0 Å². The molecule has 0 aromatic heterocycles. The van der Waals surface area contributed by atoms with E-state index in [0.29, 0.717) is 5.56 Å². The summed E-state index contributed by atoms with van der Waals surface area (Å²) in [6, 6.07) is 13.8. The summed E-state index contributed by atoms with van der Waals surface area (Å²) in [5.74, 6) is -2.67. The van der Waals surface area contributed by atoms with Crippen LogP contribution in [0.5, 0.6) is 5.75 Å². The van der Waals surface area contributed by atoms with E-state index in [1.165, 1.54) is 49.4 Å². The minimum atomic E-state index is -4.02. The Morgan fingerprint density at radius 3 is 1.93 bits per heavy atom. The third-order valence-electron chi connectivity index (χ3n) is 4.50. The van der Waals surface area contributed by atoms with Crippen molar-refractivity contribution in [3.8, 4) is 16.9 Å². The van der Waals surface area contributed by atoms with Crippen LogP contribution in [0.1, 0.15) is 26.3 Å². The summed E-state index contributed by atoms with van der Waals surface area (Å²) >= 11 is 0. The monoisotopic (exact) mass is 427 g/mol. The normalized spacial score (nSPS) is 11.1. The van der Waals surface area contributed by atoms with Gasteiger partial charge in [-0.3, -0.25) is 4.72 Å². The maximum atomic E-state index is 12.7. The van der Waals surface area contributed by atoms with E-state index in [9.17, 15) is 33.3 Å². The fourth-order valence-corrected chi connectivity index (χ4v) is 4.05. The number of phenols is 1. The fraction of sp³-hybridized carbons (Fsp3) is 0.0476. The van der Waals surface area contributed by atoms with Crippen molar-refractivity contribution in [2.24, 2.45) is 0 Å². The molecule has 0 amide bonds. The smallest absolute Gasteiger partial charge is 0.335 e. The zero-order valence-corrected chi connectivity index (χ0v) is 16.5. The highest BCUT2D eigenvalue weighted by Gasteiger charge is 2.21. The lowest BCUT2D eigenvalue weighted by Crippen LogP contribution is -2.14. The molecule has 3 rings (SSSR count). The van der Waals surface area contributed by atoms with Gasteiger partial charge in [0.2, 0.25) is 0 Å². The second-order valence-electron chi connectivity index (χ2n) is 6.45. The zero-order valence-electron chi connectivity index (χ0n) is 15.7. The Labute approximate surface area is 172 Å². The molecule has 3 aromatic rings. The lowest BCUT2D eigenvalue weighted by Gasteiger charge is -2.15. The van der Waals surface area contributed by atoms with Gasteiger partial charge >= 0.3 is 11.9 Å². The number of carboxylic acid groups (broad SMARTS) is 2. The second kappa shape index (κ2) is 7.88. The van der Waals surface area contributed by atoms with E-state index in [4.69, 9.17) is 0 Å². The first kappa shape index (κ1) is 20.9. The number of nitrogens with one attached hydrogen (secondary N) is 1. The number of benzene rings is 3. The van der Waals surface area contributed by atoms with Crippen LogP contribution in [0.15, 0.2) is 65.6 Å². The first-order valence-corrected chi connectivity index (χ1v) is 10.1. The molecule has 154 valence electrons. The number of rotatable bonds is 6. The fourth-order valence-electron chi connectivity index (χ4n) is 2.97. The zero-order chi connectivity index (χ0) is 22.1. The van der Waals surface area contributed by atoms with Crippen LogP contribution in [0.25, 0.3) is 11.1 Å². The minimum absolute atomic E-state index is 0.0866. The Morgan fingerprint density at radius 1 is 0.867 bits per heavy atom. The van der Waals surface area contributed by atoms with Gasteiger partial charge in [-0.15, -0.1) is 0 Å². The van der Waals surface area contributed by atoms with Gasteiger partial charge in [-0.05, 0) is 60.5 Å². The molecular weight excluding hydrogens is 410 g/mol. The van der Waals surface area contributed by atoms with E-state index in [2.05, 4.69) is 4.72 Å². The lowest BCUT2D eigenvalue weighted by molar-refractivity contribution is 0.0696. The highest BCUT2D eigenvalue weighted by atomic mass is 32.2. The quantitative estimate of drug-likeness (QED) is 0.471. The molecule has 0 unspecified atom stereocenters. The average Bonchev–Trinajstić information content (AvgIpc) is 2.68. The van der Waals surface area contributed by atoms with Gasteiger partial charge in [-0.25, -0.2) is 18.0 Å². The summed E-state index contributed by atoms with van der Waals surface area (Å²) in [6.45, 7) is 1.40. The molecule has 8 nitrogen and oxygen atoms in total. The van der Waals surface area contributed by atoms with Crippen LogP contribution in [0.3, 0.4) is 0 Å². The van der Waals surface area contributed by atoms with E-state index >= 15 is 0 Å². The summed E-state index contributed by atoms with van der Waals surface area (Å²) in [4.78, 5) is 23.1. The SMILES string of the molecule is Cc1c(C(=O)O)cc(-c2ccccc2NS(=O)(=O)c2ccc(O)cc2)cc1C(=O)O. The maximum absolute atomic E-state index is 12.7. The van der Waals surface area contributed by atoms with Crippen LogP contribution in [0.4, 0.5) is 5.69 Å². The van der Waals surface area contributed by atoms with Gasteiger partial charge in [0.05, 0.1) is 21.7 Å². The molecule has 0 bridgehead atoms. The van der Waals surface area contributed by atoms with Crippen molar-refractivity contribution in [2.45, 2.75) is 11.8 Å². The predicted octanol–water partition coefficient (Wildman–Crippen LogP) is 3.56. The molecule has 0 saturated carbocycles. The number of carbonyl (C=O) groups is 2. The molecule has 4 N–H and O–H groups in total. The van der Waals surface area contributed by atoms with Crippen LogP contribution in [-0.4, -0.2) is 35.7 Å². The molecule has 30 heavy (non-hydrogen) atoms. The number of aromatic carboxylic acids is 2. The Hall–Kier alpha value is -3.85. The van der Waals surface area contributed by atoms with Crippen LogP contribution >= 0.6 is 0 Å². The third-order valence-corrected chi connectivity index (χ3v) is 5.88. The van der Waals surface area contributed by atoms with Crippen molar-refractivity contribution < 1.29 is 33.3 Å². The van der Waals surface area contributed by atoms with Crippen molar-refractivity contribution in [3.63, 3.8) is 0 Å². The summed E-state index contributed by atoms with van der Waals surface area (Å²) in [7, 11) is -4.02. The maximum Gasteiger partial charge on any atom is 0.335 e. The van der Waals surface area contributed by atoms with Crippen LogP contribution < -0.4 is 4.72 Å². The topological polar surface area (TPSA) is 141 Å². The molecule has 0 aliphatic heterocycles. The molecule has 0 aliphatic rings. The van der Waals surface area contributed by atoms with E-state index in [1.807, 2.05) is 0 Å². The molecule has 0 spiro atoms. The Balaban J connectivity index is 2.13. The Bertz CT molecular complexity index is 1210. The number of hydrogen-bond donors (Lipinski definition) is 4. The number of sulfonamides is 1. The molecule has 0 atom stereocenters. The second-order valence-corrected chi connectivity index (χ2v) is 8.13. The third kappa shape index (κ3) is 4.11. The number of para-hydroxylation sites is 1. The predicted molar refractivity (Wildman–Crippen MR) is 109 cm³/mol. The van der Waals surface area contributed by atoms with E-state index < -0.39 is 22.0 Å². The number of hydrogen-bond acceptors (Lipinski definition) is 5. The van der Waals surface area contributed by atoms with E-state index in [0.717, 1.165) is 0 Å². The Kier molecular flexibility index (Phi) is 5.48. The largest absolute Gasteiger partial charge is 0.508 e. The molecule has 3 aromatic carbocycles. The van der Waals surface area contributed by atoms with E-state index in [-0.39, 0.29) is 38.6 Å². The molecule has 0 radical (unpaired) electrons. The van der Waals surface area contributed by atoms with E-state index in [1.54, 1.807) is 18.2 Å². The summed E-state index contributed by atoms with van der Waals surface area (Å²) in [6.07, 6.45) is 0. The first-order chi connectivity index (χ1) is 14.1. The summed E-state index contributed by atoms with van der Waals surface area (Å²) in [5, 5.41) is 28.2. The van der Waals surface area contributed by atoms with Crippen molar-refractivity contribution in [3.05, 3.63) is 77.4 Å². The average molecular weight is 427 g/mol. The first-order valence-electron chi connectivity index (χ1n) is 8.62. The van der Waals surface area contributed by atoms with Gasteiger partial charge in [-0.2, -0.15) is 0 Å². The van der Waals surface area contributed by atoms with Gasteiger partial charge in [-0.1, -0.05) is 18.2 Å². The minimum Gasteiger partial charge on any atom is -0.508 e. The summed E-state index contributed by atoms with van der Waals surface area (Å²) < 4.78 is 27.9. The molecule has 0 fully saturated rings. The molecule has 0 heterocycles. The molecule has 9 heteroatoms. The summed E-state index contributed by atoms with van der Waals surface area (Å²) in [5.41, 5.74) is 0.398. The van der Waals surface area contributed by atoms with Gasteiger partial charge in [0, 0.05) is 5.56 Å².